The van der Waals surface area contributed by atoms with Gasteiger partial charge in [0.05, 0.1) is 6.10 Å². The highest BCUT2D eigenvalue weighted by atomic mass is 16.5. The largest absolute Gasteiger partial charge is 0.376 e. The number of aryl methyl sites for hydroxylation is 3. The predicted octanol–water partition coefficient (Wildman–Crippen LogP) is 4.51. The minimum atomic E-state index is 0.139. The van der Waals surface area contributed by atoms with E-state index >= 15 is 0 Å². The molecular formula is C22H30N2O2. The Hall–Kier alpha value is -1.81. The number of carbonyl (C=O) groups excluding carboxylic acids is 1. The van der Waals surface area contributed by atoms with Crippen LogP contribution in [-0.2, 0) is 4.74 Å². The molecule has 1 amide bonds. The maximum absolute atomic E-state index is 13.5. The van der Waals surface area contributed by atoms with E-state index in [0.717, 1.165) is 49.3 Å². The number of benzene rings is 1. The summed E-state index contributed by atoms with van der Waals surface area (Å²) in [5.74, 6) is 0.799. The lowest BCUT2D eigenvalue weighted by Gasteiger charge is -2.33. The zero-order valence-electron chi connectivity index (χ0n) is 16.2. The third kappa shape index (κ3) is 3.16. The summed E-state index contributed by atoms with van der Waals surface area (Å²) in [6.07, 6.45) is 6.18. The van der Waals surface area contributed by atoms with Crippen molar-refractivity contribution in [3.8, 4) is 0 Å². The molecule has 4 rings (SSSR count). The number of nitrogens with zero attached hydrogens (tertiary/aromatic N) is 1. The number of H-pyrrole nitrogens is 1. The highest BCUT2D eigenvalue weighted by Gasteiger charge is 2.30. The number of ether oxygens (including phenoxy) is 1. The number of carbonyl (C=O) groups is 1. The van der Waals surface area contributed by atoms with Gasteiger partial charge >= 0.3 is 0 Å². The summed E-state index contributed by atoms with van der Waals surface area (Å²) >= 11 is 0. The van der Waals surface area contributed by atoms with Gasteiger partial charge in [0, 0.05) is 30.6 Å². The van der Waals surface area contributed by atoms with Crippen molar-refractivity contribution in [2.75, 3.05) is 19.7 Å². The molecule has 26 heavy (non-hydrogen) atoms. The number of nitrogens with one attached hydrogen (secondary N) is 1. The topological polar surface area (TPSA) is 45.3 Å². The molecule has 0 unspecified atom stereocenters. The Bertz CT molecular complexity index is 813. The molecule has 2 aromatic rings. The second kappa shape index (κ2) is 7.07. The third-order valence-electron chi connectivity index (χ3n) is 6.27. The summed E-state index contributed by atoms with van der Waals surface area (Å²) in [6, 6.07) is 4.27. The molecule has 1 atom stereocenters. The first-order valence-corrected chi connectivity index (χ1v) is 10.0. The van der Waals surface area contributed by atoms with Crippen LogP contribution in [0.5, 0.6) is 0 Å². The molecule has 0 bridgehead atoms. The average molecular weight is 354 g/mol. The Kier molecular flexibility index (Phi) is 4.78. The van der Waals surface area contributed by atoms with E-state index in [1.807, 2.05) is 0 Å². The van der Waals surface area contributed by atoms with E-state index in [2.05, 4.69) is 42.8 Å². The number of aromatic amines is 1. The van der Waals surface area contributed by atoms with Gasteiger partial charge in [-0.25, -0.2) is 0 Å². The van der Waals surface area contributed by atoms with Crippen LogP contribution >= 0.6 is 0 Å². The van der Waals surface area contributed by atoms with Gasteiger partial charge in [-0.2, -0.15) is 0 Å². The number of aromatic nitrogens is 1. The van der Waals surface area contributed by atoms with Gasteiger partial charge in [-0.1, -0.05) is 18.6 Å². The lowest BCUT2D eigenvalue weighted by atomic mass is 9.85. The lowest BCUT2D eigenvalue weighted by molar-refractivity contribution is 0.0444. The highest BCUT2D eigenvalue weighted by Crippen LogP contribution is 2.31. The molecule has 2 fully saturated rings. The standard InChI is InChI=1S/C22H30N2O2/c1-14-9-10-15(2)20-19(14)16(3)21(23-20)22(25)24(12-17-6-4-7-17)13-18-8-5-11-26-18/h9-10,17-18,23H,4-8,11-13H2,1-3H3/t18-/m1/s1. The van der Waals surface area contributed by atoms with Crippen molar-refractivity contribution in [1.29, 1.82) is 0 Å². The van der Waals surface area contributed by atoms with Crippen LogP contribution in [0, 0.1) is 26.7 Å². The second-order valence-electron chi connectivity index (χ2n) is 8.22. The Balaban J connectivity index is 1.65. The Labute approximate surface area is 155 Å². The number of fused-ring (bicyclic) bond motifs is 1. The molecular weight excluding hydrogens is 324 g/mol. The molecule has 4 heteroatoms. The van der Waals surface area contributed by atoms with Crippen molar-refractivity contribution >= 4 is 16.8 Å². The van der Waals surface area contributed by atoms with Crippen molar-refractivity contribution in [2.45, 2.75) is 59.0 Å². The van der Waals surface area contributed by atoms with E-state index in [9.17, 15) is 4.79 Å². The monoisotopic (exact) mass is 354 g/mol. The minimum Gasteiger partial charge on any atom is -0.376 e. The van der Waals surface area contributed by atoms with E-state index in [1.54, 1.807) is 0 Å². The molecule has 1 aromatic carbocycles. The van der Waals surface area contributed by atoms with Crippen LogP contribution < -0.4 is 0 Å². The maximum atomic E-state index is 13.5. The van der Waals surface area contributed by atoms with Crippen LogP contribution in [0.1, 0.15) is 59.3 Å². The van der Waals surface area contributed by atoms with Gasteiger partial charge in [-0.3, -0.25) is 4.79 Å². The molecule has 0 radical (unpaired) electrons. The van der Waals surface area contributed by atoms with Crippen LogP contribution in [0.3, 0.4) is 0 Å². The number of hydrogen-bond donors (Lipinski definition) is 1. The van der Waals surface area contributed by atoms with Gasteiger partial charge in [-0.15, -0.1) is 0 Å². The molecule has 1 aromatic heterocycles. The van der Waals surface area contributed by atoms with Crippen LogP contribution in [0.2, 0.25) is 0 Å². The van der Waals surface area contributed by atoms with Crippen molar-refractivity contribution in [1.82, 2.24) is 9.88 Å². The number of amides is 1. The summed E-state index contributed by atoms with van der Waals surface area (Å²) in [5, 5.41) is 1.20. The van der Waals surface area contributed by atoms with Crippen LogP contribution in [-0.4, -0.2) is 41.6 Å². The van der Waals surface area contributed by atoms with Crippen LogP contribution in [0.4, 0.5) is 0 Å². The molecule has 1 saturated carbocycles. The fourth-order valence-corrected chi connectivity index (χ4v) is 4.43. The molecule has 2 heterocycles. The summed E-state index contributed by atoms with van der Waals surface area (Å²) in [6.45, 7) is 8.72. The van der Waals surface area contributed by atoms with E-state index in [-0.39, 0.29) is 12.0 Å². The molecule has 0 spiro atoms. The quantitative estimate of drug-likeness (QED) is 0.858. The maximum Gasteiger partial charge on any atom is 0.270 e. The molecule has 4 nitrogen and oxygen atoms in total. The van der Waals surface area contributed by atoms with Gasteiger partial charge in [-0.05, 0) is 69.1 Å². The summed E-state index contributed by atoms with van der Waals surface area (Å²) in [4.78, 5) is 19.0. The van der Waals surface area contributed by atoms with Crippen molar-refractivity contribution in [3.05, 3.63) is 34.5 Å². The smallest absolute Gasteiger partial charge is 0.270 e. The molecule has 2 aliphatic rings. The van der Waals surface area contributed by atoms with E-state index in [0.29, 0.717) is 5.92 Å². The van der Waals surface area contributed by atoms with Gasteiger partial charge in [0.1, 0.15) is 5.69 Å². The summed E-state index contributed by atoms with van der Waals surface area (Å²) in [5.41, 5.74) is 5.36. The van der Waals surface area contributed by atoms with Crippen molar-refractivity contribution in [3.63, 3.8) is 0 Å². The minimum absolute atomic E-state index is 0.139. The molecule has 1 saturated heterocycles. The van der Waals surface area contributed by atoms with Gasteiger partial charge in [0.2, 0.25) is 0 Å². The van der Waals surface area contributed by atoms with Crippen molar-refractivity contribution < 1.29 is 9.53 Å². The first-order chi connectivity index (χ1) is 12.5. The average Bonchev–Trinajstić information content (AvgIpc) is 3.21. The first kappa shape index (κ1) is 17.6. The normalized spacial score (nSPS) is 20.5. The van der Waals surface area contributed by atoms with E-state index in [4.69, 9.17) is 4.74 Å². The predicted molar refractivity (Wildman–Crippen MR) is 105 cm³/mol. The molecule has 1 aliphatic carbocycles. The van der Waals surface area contributed by atoms with Gasteiger partial charge in [0.15, 0.2) is 0 Å². The fourth-order valence-electron chi connectivity index (χ4n) is 4.43. The summed E-state index contributed by atoms with van der Waals surface area (Å²) < 4.78 is 5.83. The lowest BCUT2D eigenvalue weighted by Crippen LogP contribution is -2.42. The molecule has 1 aliphatic heterocycles. The second-order valence-corrected chi connectivity index (χ2v) is 8.22. The number of hydrogen-bond acceptors (Lipinski definition) is 2. The van der Waals surface area contributed by atoms with Crippen LogP contribution in [0.15, 0.2) is 12.1 Å². The van der Waals surface area contributed by atoms with Gasteiger partial charge < -0.3 is 14.6 Å². The first-order valence-electron chi connectivity index (χ1n) is 10.0. The van der Waals surface area contributed by atoms with Crippen molar-refractivity contribution in [2.24, 2.45) is 5.92 Å². The zero-order chi connectivity index (χ0) is 18.3. The Morgan fingerprint density at radius 3 is 2.50 bits per heavy atom. The zero-order valence-corrected chi connectivity index (χ0v) is 16.2. The van der Waals surface area contributed by atoms with Crippen LogP contribution in [0.25, 0.3) is 10.9 Å². The fraction of sp³-hybridized carbons (Fsp3) is 0.591. The van der Waals surface area contributed by atoms with Gasteiger partial charge in [0.25, 0.3) is 5.91 Å². The Morgan fingerprint density at radius 2 is 1.88 bits per heavy atom. The van der Waals surface area contributed by atoms with E-state index < -0.39 is 0 Å². The van der Waals surface area contributed by atoms with E-state index in [1.165, 1.54) is 35.8 Å². The number of rotatable bonds is 5. The summed E-state index contributed by atoms with van der Waals surface area (Å²) in [7, 11) is 0. The SMILES string of the molecule is Cc1ccc(C)c2c(C)c(C(=O)N(CC3CCC3)C[C@H]3CCCO3)[nH]c12. The molecule has 1 N–H and O–H groups in total. The highest BCUT2D eigenvalue weighted by molar-refractivity contribution is 6.02. The molecule has 140 valence electrons. The third-order valence-corrected chi connectivity index (χ3v) is 6.27. The Morgan fingerprint density at radius 1 is 1.12 bits per heavy atom.